The molecule has 1 unspecified atom stereocenters. The molecule has 2 N–H and O–H groups in total. The molecule has 0 bridgehead atoms. The molecule has 0 radical (unpaired) electrons. The van der Waals surface area contributed by atoms with Crippen LogP contribution in [0.2, 0.25) is 0 Å². The third-order valence-electron chi connectivity index (χ3n) is 3.06. The molecule has 0 aliphatic heterocycles. The summed E-state index contributed by atoms with van der Waals surface area (Å²) in [5.74, 6) is 2.94. The molecular formula is C17H24N2O2. The molecule has 0 fully saturated rings. The molecule has 0 saturated heterocycles. The van der Waals surface area contributed by atoms with Crippen molar-refractivity contribution in [2.24, 2.45) is 0 Å². The van der Waals surface area contributed by atoms with Gasteiger partial charge in [-0.3, -0.25) is 4.79 Å². The average molecular weight is 288 g/mol. The lowest BCUT2D eigenvalue weighted by atomic mass is 10.1. The molecule has 114 valence electrons. The lowest BCUT2D eigenvalue weighted by molar-refractivity contribution is -0.127. The maximum atomic E-state index is 11.8. The van der Waals surface area contributed by atoms with Gasteiger partial charge < -0.3 is 15.4 Å². The van der Waals surface area contributed by atoms with Gasteiger partial charge in [-0.15, -0.1) is 6.42 Å². The SMILES string of the molecule is C#CCNC(=O)C(C)Oc1c(C)cccc1CNCCC. The minimum Gasteiger partial charge on any atom is -0.480 e. The number of hydrogen-bond acceptors (Lipinski definition) is 3. The summed E-state index contributed by atoms with van der Waals surface area (Å²) in [7, 11) is 0. The van der Waals surface area contributed by atoms with E-state index < -0.39 is 6.10 Å². The van der Waals surface area contributed by atoms with Gasteiger partial charge in [0.25, 0.3) is 5.91 Å². The maximum absolute atomic E-state index is 11.8. The van der Waals surface area contributed by atoms with Crippen LogP contribution in [0.5, 0.6) is 5.75 Å². The number of rotatable bonds is 8. The normalized spacial score (nSPS) is 11.5. The highest BCUT2D eigenvalue weighted by molar-refractivity contribution is 5.81. The number of nitrogens with one attached hydrogen (secondary N) is 2. The second-order valence-electron chi connectivity index (χ2n) is 4.92. The molecule has 4 nitrogen and oxygen atoms in total. The summed E-state index contributed by atoms with van der Waals surface area (Å²) in [6.45, 7) is 7.71. The first-order valence-corrected chi connectivity index (χ1v) is 7.27. The summed E-state index contributed by atoms with van der Waals surface area (Å²) in [4.78, 5) is 11.8. The van der Waals surface area contributed by atoms with Crippen LogP contribution in [0.4, 0.5) is 0 Å². The molecule has 1 aromatic rings. The molecule has 0 saturated carbocycles. The Morgan fingerprint density at radius 3 is 2.90 bits per heavy atom. The number of benzene rings is 1. The van der Waals surface area contributed by atoms with Gasteiger partial charge >= 0.3 is 0 Å². The molecule has 4 heteroatoms. The maximum Gasteiger partial charge on any atom is 0.261 e. The number of terminal acetylenes is 1. The van der Waals surface area contributed by atoms with Crippen molar-refractivity contribution in [3.63, 3.8) is 0 Å². The van der Waals surface area contributed by atoms with Gasteiger partial charge in [-0.25, -0.2) is 0 Å². The van der Waals surface area contributed by atoms with Crippen LogP contribution in [0.25, 0.3) is 0 Å². The number of ether oxygens (including phenoxy) is 1. The zero-order valence-corrected chi connectivity index (χ0v) is 13.0. The van der Waals surface area contributed by atoms with Gasteiger partial charge in [-0.05, 0) is 32.4 Å². The molecule has 1 atom stereocenters. The van der Waals surface area contributed by atoms with Crippen LogP contribution >= 0.6 is 0 Å². The number of hydrogen-bond donors (Lipinski definition) is 2. The van der Waals surface area contributed by atoms with Crippen molar-refractivity contribution in [1.82, 2.24) is 10.6 Å². The standard InChI is InChI=1S/C17H24N2O2/c1-5-10-18-12-15-9-7-8-13(3)16(15)21-14(4)17(20)19-11-6-2/h2,7-9,14,18H,5,10-12H2,1,3-4H3,(H,19,20). The van der Waals surface area contributed by atoms with Gasteiger partial charge in [-0.2, -0.15) is 0 Å². The highest BCUT2D eigenvalue weighted by atomic mass is 16.5. The van der Waals surface area contributed by atoms with Crippen LogP contribution in [0.15, 0.2) is 18.2 Å². The number of para-hydroxylation sites is 1. The third-order valence-corrected chi connectivity index (χ3v) is 3.06. The molecular weight excluding hydrogens is 264 g/mol. The quantitative estimate of drug-likeness (QED) is 0.568. The second-order valence-corrected chi connectivity index (χ2v) is 4.92. The lowest BCUT2D eigenvalue weighted by Crippen LogP contribution is -2.36. The van der Waals surface area contributed by atoms with Crippen molar-refractivity contribution in [2.45, 2.75) is 39.8 Å². The van der Waals surface area contributed by atoms with Crippen LogP contribution in [0, 0.1) is 19.3 Å². The predicted octanol–water partition coefficient (Wildman–Crippen LogP) is 2.01. The fourth-order valence-electron chi connectivity index (χ4n) is 1.93. The molecule has 1 amide bonds. The first-order valence-electron chi connectivity index (χ1n) is 7.27. The number of carbonyl (C=O) groups is 1. The largest absolute Gasteiger partial charge is 0.480 e. The summed E-state index contributed by atoms with van der Waals surface area (Å²) < 4.78 is 5.85. The van der Waals surface area contributed by atoms with Gasteiger partial charge in [0.15, 0.2) is 6.10 Å². The van der Waals surface area contributed by atoms with E-state index in [4.69, 9.17) is 11.2 Å². The van der Waals surface area contributed by atoms with E-state index in [1.165, 1.54) is 0 Å². The van der Waals surface area contributed by atoms with E-state index in [1.54, 1.807) is 6.92 Å². The Morgan fingerprint density at radius 1 is 1.48 bits per heavy atom. The van der Waals surface area contributed by atoms with Crippen molar-refractivity contribution in [1.29, 1.82) is 0 Å². The lowest BCUT2D eigenvalue weighted by Gasteiger charge is -2.19. The van der Waals surface area contributed by atoms with E-state index in [2.05, 4.69) is 23.5 Å². The van der Waals surface area contributed by atoms with Gasteiger partial charge in [0.05, 0.1) is 6.54 Å². The van der Waals surface area contributed by atoms with E-state index in [0.29, 0.717) is 0 Å². The third kappa shape index (κ3) is 5.49. The smallest absolute Gasteiger partial charge is 0.261 e. The zero-order chi connectivity index (χ0) is 15.7. The Morgan fingerprint density at radius 2 is 2.24 bits per heavy atom. The highest BCUT2D eigenvalue weighted by Gasteiger charge is 2.16. The Bertz CT molecular complexity index is 506. The van der Waals surface area contributed by atoms with Gasteiger partial charge in [-0.1, -0.05) is 31.0 Å². The predicted molar refractivity (Wildman–Crippen MR) is 85.1 cm³/mol. The summed E-state index contributed by atoms with van der Waals surface area (Å²) in [5.41, 5.74) is 2.07. The summed E-state index contributed by atoms with van der Waals surface area (Å²) in [5, 5.41) is 5.98. The van der Waals surface area contributed by atoms with Gasteiger partial charge in [0.2, 0.25) is 0 Å². The number of carbonyl (C=O) groups excluding carboxylic acids is 1. The molecule has 0 aliphatic rings. The number of amides is 1. The van der Waals surface area contributed by atoms with Crippen molar-refractivity contribution in [3.8, 4) is 18.1 Å². The van der Waals surface area contributed by atoms with E-state index in [9.17, 15) is 4.79 Å². The van der Waals surface area contributed by atoms with Gasteiger partial charge in [0, 0.05) is 12.1 Å². The fourth-order valence-corrected chi connectivity index (χ4v) is 1.93. The summed E-state index contributed by atoms with van der Waals surface area (Å²) >= 11 is 0. The molecule has 0 aliphatic carbocycles. The molecule has 21 heavy (non-hydrogen) atoms. The van der Waals surface area contributed by atoms with Crippen molar-refractivity contribution >= 4 is 5.91 Å². The van der Waals surface area contributed by atoms with Crippen molar-refractivity contribution in [3.05, 3.63) is 29.3 Å². The molecule has 1 rings (SSSR count). The monoisotopic (exact) mass is 288 g/mol. The summed E-state index contributed by atoms with van der Waals surface area (Å²) in [6.07, 6.45) is 5.63. The topological polar surface area (TPSA) is 50.4 Å². The van der Waals surface area contributed by atoms with Crippen molar-refractivity contribution in [2.75, 3.05) is 13.1 Å². The Hall–Kier alpha value is -1.99. The molecule has 0 spiro atoms. The van der Waals surface area contributed by atoms with E-state index >= 15 is 0 Å². The van der Waals surface area contributed by atoms with Crippen LogP contribution in [-0.2, 0) is 11.3 Å². The average Bonchev–Trinajstić information content (AvgIpc) is 2.48. The molecule has 0 aromatic heterocycles. The highest BCUT2D eigenvalue weighted by Crippen LogP contribution is 2.24. The van der Waals surface area contributed by atoms with E-state index in [0.717, 1.165) is 36.4 Å². The van der Waals surface area contributed by atoms with Crippen LogP contribution < -0.4 is 15.4 Å². The van der Waals surface area contributed by atoms with Crippen LogP contribution in [0.3, 0.4) is 0 Å². The zero-order valence-electron chi connectivity index (χ0n) is 13.0. The Labute approximate surface area is 127 Å². The Balaban J connectivity index is 2.76. The van der Waals surface area contributed by atoms with Crippen LogP contribution in [-0.4, -0.2) is 25.1 Å². The number of aryl methyl sites for hydroxylation is 1. The fraction of sp³-hybridized carbons (Fsp3) is 0.471. The minimum atomic E-state index is -0.579. The Kier molecular flexibility index (Phi) is 7.34. The first kappa shape index (κ1) is 17.1. The molecule has 1 aromatic carbocycles. The van der Waals surface area contributed by atoms with Gasteiger partial charge in [0.1, 0.15) is 5.75 Å². The minimum absolute atomic E-state index is 0.205. The second kappa shape index (κ2) is 9.04. The van der Waals surface area contributed by atoms with E-state index in [1.807, 2.05) is 25.1 Å². The van der Waals surface area contributed by atoms with E-state index in [-0.39, 0.29) is 12.5 Å². The van der Waals surface area contributed by atoms with Crippen LogP contribution in [0.1, 0.15) is 31.4 Å². The first-order chi connectivity index (χ1) is 10.1. The van der Waals surface area contributed by atoms with Crippen molar-refractivity contribution < 1.29 is 9.53 Å². The summed E-state index contributed by atoms with van der Waals surface area (Å²) in [6, 6.07) is 5.98. The molecule has 0 heterocycles.